The number of nitrogens with one attached hydrogen (secondary N) is 1. The Morgan fingerprint density at radius 1 is 1.60 bits per heavy atom. The van der Waals surface area contributed by atoms with Gasteiger partial charge in [0.05, 0.1) is 6.10 Å². The second kappa shape index (κ2) is 6.72. The van der Waals surface area contributed by atoms with E-state index in [-0.39, 0.29) is 5.91 Å². The molecule has 2 N–H and O–H groups in total. The van der Waals surface area contributed by atoms with Crippen LogP contribution >= 0.6 is 11.3 Å². The zero-order chi connectivity index (χ0) is 14.6. The van der Waals surface area contributed by atoms with Crippen LogP contribution in [0.5, 0.6) is 0 Å². The van der Waals surface area contributed by atoms with E-state index in [9.17, 15) is 9.90 Å². The standard InChI is InChI=1S/C16H25NO2S/c1-16(2)6-3-4-12(9-16)8-15(19)17-10-14(18)13-5-7-20-11-13/h5,7,11-12,14,18H,3-4,6,8-10H2,1-2H3,(H,17,19). The van der Waals surface area contributed by atoms with Gasteiger partial charge in [0.1, 0.15) is 0 Å². The second-order valence-corrected chi connectivity index (χ2v) is 7.49. The predicted octanol–water partition coefficient (Wildman–Crippen LogP) is 3.50. The van der Waals surface area contributed by atoms with E-state index in [0.717, 1.165) is 18.4 Å². The highest BCUT2D eigenvalue weighted by Gasteiger charge is 2.29. The molecule has 20 heavy (non-hydrogen) atoms. The Kier molecular flexibility index (Phi) is 5.22. The Morgan fingerprint density at radius 3 is 3.05 bits per heavy atom. The molecule has 1 aromatic rings. The van der Waals surface area contributed by atoms with Gasteiger partial charge in [-0.05, 0) is 53.0 Å². The molecule has 1 aromatic heterocycles. The molecule has 0 radical (unpaired) electrons. The molecule has 0 saturated heterocycles. The molecule has 2 unspecified atom stereocenters. The van der Waals surface area contributed by atoms with Gasteiger partial charge in [0.15, 0.2) is 0 Å². The number of hydrogen-bond acceptors (Lipinski definition) is 3. The van der Waals surface area contributed by atoms with Crippen molar-refractivity contribution in [3.63, 3.8) is 0 Å². The number of hydrogen-bond donors (Lipinski definition) is 2. The normalized spacial score (nSPS) is 23.2. The zero-order valence-electron chi connectivity index (χ0n) is 12.4. The van der Waals surface area contributed by atoms with Crippen molar-refractivity contribution < 1.29 is 9.90 Å². The number of carbonyl (C=O) groups excluding carboxylic acids is 1. The van der Waals surface area contributed by atoms with Crippen LogP contribution in [0, 0.1) is 11.3 Å². The zero-order valence-corrected chi connectivity index (χ0v) is 13.2. The molecule has 112 valence electrons. The summed E-state index contributed by atoms with van der Waals surface area (Å²) in [4.78, 5) is 12.0. The highest BCUT2D eigenvalue weighted by molar-refractivity contribution is 7.07. The van der Waals surface area contributed by atoms with Crippen molar-refractivity contribution in [2.45, 2.75) is 52.1 Å². The highest BCUT2D eigenvalue weighted by Crippen LogP contribution is 2.39. The first-order chi connectivity index (χ1) is 9.46. The minimum atomic E-state index is -0.590. The van der Waals surface area contributed by atoms with Crippen molar-refractivity contribution in [3.8, 4) is 0 Å². The fourth-order valence-corrected chi connectivity index (χ4v) is 3.86. The lowest BCUT2D eigenvalue weighted by molar-refractivity contribution is -0.123. The molecule has 1 saturated carbocycles. The van der Waals surface area contributed by atoms with Gasteiger partial charge in [-0.1, -0.05) is 20.3 Å². The van der Waals surface area contributed by atoms with Crippen molar-refractivity contribution in [1.29, 1.82) is 0 Å². The largest absolute Gasteiger partial charge is 0.387 e. The van der Waals surface area contributed by atoms with Crippen LogP contribution in [0.25, 0.3) is 0 Å². The summed E-state index contributed by atoms with van der Waals surface area (Å²) in [6, 6.07) is 1.89. The fourth-order valence-electron chi connectivity index (χ4n) is 3.16. The first kappa shape index (κ1) is 15.5. The molecule has 1 amide bonds. The smallest absolute Gasteiger partial charge is 0.220 e. The minimum Gasteiger partial charge on any atom is -0.387 e. The summed E-state index contributed by atoms with van der Waals surface area (Å²) in [5, 5.41) is 16.7. The topological polar surface area (TPSA) is 49.3 Å². The first-order valence-electron chi connectivity index (χ1n) is 7.43. The quantitative estimate of drug-likeness (QED) is 0.873. The summed E-state index contributed by atoms with van der Waals surface area (Å²) in [5.74, 6) is 0.569. The molecular formula is C16H25NO2S. The lowest BCUT2D eigenvalue weighted by atomic mass is 9.71. The van der Waals surface area contributed by atoms with Crippen LogP contribution in [0.4, 0.5) is 0 Å². The molecule has 3 nitrogen and oxygen atoms in total. The highest BCUT2D eigenvalue weighted by atomic mass is 32.1. The van der Waals surface area contributed by atoms with E-state index >= 15 is 0 Å². The summed E-state index contributed by atoms with van der Waals surface area (Å²) in [6.45, 7) is 4.89. The Hall–Kier alpha value is -0.870. The van der Waals surface area contributed by atoms with Gasteiger partial charge in [-0.2, -0.15) is 11.3 Å². The molecule has 4 heteroatoms. The molecule has 1 fully saturated rings. The first-order valence-corrected chi connectivity index (χ1v) is 8.37. The lowest BCUT2D eigenvalue weighted by Gasteiger charge is -2.35. The molecule has 2 atom stereocenters. The van der Waals surface area contributed by atoms with E-state index in [2.05, 4.69) is 19.2 Å². The van der Waals surface area contributed by atoms with Gasteiger partial charge < -0.3 is 10.4 Å². The van der Waals surface area contributed by atoms with Crippen LogP contribution in [-0.4, -0.2) is 17.6 Å². The van der Waals surface area contributed by atoms with Gasteiger partial charge in [-0.3, -0.25) is 4.79 Å². The number of thiophene rings is 1. The summed E-state index contributed by atoms with van der Waals surface area (Å²) in [7, 11) is 0. The average molecular weight is 295 g/mol. The number of rotatable bonds is 5. The maximum Gasteiger partial charge on any atom is 0.220 e. The fraction of sp³-hybridized carbons (Fsp3) is 0.688. The van der Waals surface area contributed by atoms with E-state index in [4.69, 9.17) is 0 Å². The maximum absolute atomic E-state index is 12.0. The van der Waals surface area contributed by atoms with E-state index in [1.807, 2.05) is 16.8 Å². The SMILES string of the molecule is CC1(C)CCCC(CC(=O)NCC(O)c2ccsc2)C1. The molecule has 0 aromatic carbocycles. The van der Waals surface area contributed by atoms with Crippen LogP contribution in [0.1, 0.15) is 57.6 Å². The predicted molar refractivity (Wildman–Crippen MR) is 82.6 cm³/mol. The number of aliphatic hydroxyl groups excluding tert-OH is 1. The number of aliphatic hydroxyl groups is 1. The Morgan fingerprint density at radius 2 is 2.40 bits per heavy atom. The minimum absolute atomic E-state index is 0.0713. The van der Waals surface area contributed by atoms with Crippen molar-refractivity contribution in [1.82, 2.24) is 5.32 Å². The molecule has 0 aliphatic heterocycles. The van der Waals surface area contributed by atoms with E-state index < -0.39 is 6.10 Å². The third-order valence-corrected chi connectivity index (χ3v) is 4.90. The Balaban J connectivity index is 1.73. The second-order valence-electron chi connectivity index (χ2n) is 6.71. The molecule has 0 bridgehead atoms. The molecule has 1 aliphatic rings. The molecule has 1 heterocycles. The summed E-state index contributed by atoms with van der Waals surface area (Å²) < 4.78 is 0. The summed E-state index contributed by atoms with van der Waals surface area (Å²) >= 11 is 1.56. The summed E-state index contributed by atoms with van der Waals surface area (Å²) in [5.41, 5.74) is 1.26. The van der Waals surface area contributed by atoms with Crippen molar-refractivity contribution in [3.05, 3.63) is 22.4 Å². The number of carbonyl (C=O) groups is 1. The van der Waals surface area contributed by atoms with Gasteiger partial charge in [0, 0.05) is 13.0 Å². The lowest BCUT2D eigenvalue weighted by Crippen LogP contribution is -2.32. The van der Waals surface area contributed by atoms with Crippen molar-refractivity contribution in [2.75, 3.05) is 6.54 Å². The van der Waals surface area contributed by atoms with Crippen molar-refractivity contribution >= 4 is 17.2 Å². The van der Waals surface area contributed by atoms with E-state index in [1.165, 1.54) is 12.8 Å². The van der Waals surface area contributed by atoms with Crippen LogP contribution < -0.4 is 5.32 Å². The van der Waals surface area contributed by atoms with E-state index in [1.54, 1.807) is 11.3 Å². The number of amides is 1. The van der Waals surface area contributed by atoms with Crippen LogP contribution in [0.2, 0.25) is 0 Å². The summed E-state index contributed by atoms with van der Waals surface area (Å²) in [6.07, 6.45) is 4.79. The van der Waals surface area contributed by atoms with Crippen molar-refractivity contribution in [2.24, 2.45) is 11.3 Å². The average Bonchev–Trinajstić information content (AvgIpc) is 2.88. The molecule has 0 spiro atoms. The Labute approximate surface area is 125 Å². The monoisotopic (exact) mass is 295 g/mol. The Bertz CT molecular complexity index is 428. The maximum atomic E-state index is 12.0. The van der Waals surface area contributed by atoms with E-state index in [0.29, 0.717) is 24.3 Å². The molecule has 2 rings (SSSR count). The molecular weight excluding hydrogens is 270 g/mol. The molecule has 1 aliphatic carbocycles. The van der Waals surface area contributed by atoms with Gasteiger partial charge in [0.2, 0.25) is 5.91 Å². The van der Waals surface area contributed by atoms with Gasteiger partial charge in [0.25, 0.3) is 0 Å². The third-order valence-electron chi connectivity index (χ3n) is 4.20. The van der Waals surface area contributed by atoms with Crippen LogP contribution in [0.3, 0.4) is 0 Å². The van der Waals surface area contributed by atoms with Gasteiger partial charge >= 0.3 is 0 Å². The van der Waals surface area contributed by atoms with Crippen LogP contribution in [-0.2, 0) is 4.79 Å². The van der Waals surface area contributed by atoms with Gasteiger partial charge in [-0.15, -0.1) is 0 Å². The van der Waals surface area contributed by atoms with Gasteiger partial charge in [-0.25, -0.2) is 0 Å². The van der Waals surface area contributed by atoms with Crippen LogP contribution in [0.15, 0.2) is 16.8 Å². The third kappa shape index (κ3) is 4.60.